The Morgan fingerprint density at radius 1 is 1.14 bits per heavy atom. The number of likely N-dealkylation sites (N-methyl/N-ethyl adjacent to an activating group) is 1. The summed E-state index contributed by atoms with van der Waals surface area (Å²) in [5.41, 5.74) is 10.2. The van der Waals surface area contributed by atoms with Crippen LogP contribution in [0.15, 0.2) is 48.5 Å². The molecule has 2 N–H and O–H groups in total. The van der Waals surface area contributed by atoms with Crippen molar-refractivity contribution >= 4 is 5.91 Å². The molecule has 0 fully saturated rings. The third-order valence-electron chi connectivity index (χ3n) is 3.74. The van der Waals surface area contributed by atoms with Gasteiger partial charge in [0.15, 0.2) is 0 Å². The first-order valence-electron chi connectivity index (χ1n) is 7.09. The van der Waals surface area contributed by atoms with Gasteiger partial charge in [0.05, 0.1) is 0 Å². The molecular formula is C18H22N2O. The van der Waals surface area contributed by atoms with E-state index in [2.05, 4.69) is 32.0 Å². The fourth-order valence-corrected chi connectivity index (χ4v) is 2.65. The van der Waals surface area contributed by atoms with E-state index in [1.165, 1.54) is 16.7 Å². The summed E-state index contributed by atoms with van der Waals surface area (Å²) in [5, 5.41) is 0. The molecule has 2 rings (SSSR count). The molecule has 110 valence electrons. The Bertz CT molecular complexity index is 622. The van der Waals surface area contributed by atoms with Gasteiger partial charge in [0.25, 0.3) is 0 Å². The van der Waals surface area contributed by atoms with Crippen LogP contribution in [0, 0.1) is 13.8 Å². The number of carbonyl (C=O) groups excluding carboxylic acids is 1. The maximum absolute atomic E-state index is 11.9. The molecule has 0 spiro atoms. The van der Waals surface area contributed by atoms with Gasteiger partial charge < -0.3 is 5.73 Å². The number of carbonyl (C=O) groups is 1. The Kier molecular flexibility index (Phi) is 4.76. The van der Waals surface area contributed by atoms with Crippen LogP contribution in [0.1, 0.15) is 28.3 Å². The lowest BCUT2D eigenvalue weighted by atomic mass is 10.0. The lowest BCUT2D eigenvalue weighted by Crippen LogP contribution is -2.35. The SMILES string of the molecule is Cc1ccc(CN(C)C(C(N)=O)c2ccccc2)c(C)c1. The second kappa shape index (κ2) is 6.55. The summed E-state index contributed by atoms with van der Waals surface area (Å²) in [4.78, 5) is 13.8. The van der Waals surface area contributed by atoms with E-state index in [1.54, 1.807) is 0 Å². The molecule has 0 bridgehead atoms. The van der Waals surface area contributed by atoms with E-state index in [9.17, 15) is 4.79 Å². The predicted molar refractivity (Wildman–Crippen MR) is 85.8 cm³/mol. The molecule has 2 aromatic rings. The van der Waals surface area contributed by atoms with Crippen molar-refractivity contribution < 1.29 is 4.79 Å². The molecule has 1 unspecified atom stereocenters. The average molecular weight is 282 g/mol. The van der Waals surface area contributed by atoms with E-state index in [-0.39, 0.29) is 5.91 Å². The minimum absolute atomic E-state index is 0.325. The minimum Gasteiger partial charge on any atom is -0.368 e. The van der Waals surface area contributed by atoms with Crippen molar-refractivity contribution in [3.63, 3.8) is 0 Å². The molecule has 0 aliphatic rings. The Morgan fingerprint density at radius 2 is 1.81 bits per heavy atom. The zero-order valence-electron chi connectivity index (χ0n) is 12.8. The summed E-state index contributed by atoms with van der Waals surface area (Å²) in [6.45, 7) is 4.86. The molecule has 0 aliphatic carbocycles. The summed E-state index contributed by atoms with van der Waals surface area (Å²) in [6.07, 6.45) is 0. The van der Waals surface area contributed by atoms with Gasteiger partial charge in [-0.1, -0.05) is 54.1 Å². The highest BCUT2D eigenvalue weighted by Crippen LogP contribution is 2.22. The van der Waals surface area contributed by atoms with Gasteiger partial charge in [0.1, 0.15) is 6.04 Å². The number of primary amides is 1. The highest BCUT2D eigenvalue weighted by molar-refractivity contribution is 5.81. The number of hydrogen-bond acceptors (Lipinski definition) is 2. The number of rotatable bonds is 5. The molecule has 1 amide bonds. The highest BCUT2D eigenvalue weighted by Gasteiger charge is 2.22. The maximum atomic E-state index is 11.9. The topological polar surface area (TPSA) is 46.3 Å². The Morgan fingerprint density at radius 3 is 2.38 bits per heavy atom. The summed E-state index contributed by atoms with van der Waals surface area (Å²) in [6, 6.07) is 15.6. The lowest BCUT2D eigenvalue weighted by molar-refractivity contribution is -0.123. The molecule has 2 aromatic carbocycles. The van der Waals surface area contributed by atoms with Crippen LogP contribution in [-0.2, 0) is 11.3 Å². The number of nitrogens with two attached hydrogens (primary N) is 1. The first kappa shape index (κ1) is 15.3. The average Bonchev–Trinajstić information content (AvgIpc) is 2.43. The number of nitrogens with zero attached hydrogens (tertiary/aromatic N) is 1. The van der Waals surface area contributed by atoms with Crippen LogP contribution in [-0.4, -0.2) is 17.9 Å². The van der Waals surface area contributed by atoms with Crippen molar-refractivity contribution in [1.29, 1.82) is 0 Å². The van der Waals surface area contributed by atoms with Crippen molar-refractivity contribution in [3.05, 3.63) is 70.8 Å². The van der Waals surface area contributed by atoms with E-state index in [0.29, 0.717) is 6.54 Å². The van der Waals surface area contributed by atoms with Gasteiger partial charge in [0.2, 0.25) is 5.91 Å². The first-order valence-corrected chi connectivity index (χ1v) is 7.09. The van der Waals surface area contributed by atoms with Crippen LogP contribution in [0.2, 0.25) is 0 Å². The normalized spacial score (nSPS) is 12.4. The molecule has 0 saturated carbocycles. The molecule has 1 atom stereocenters. The van der Waals surface area contributed by atoms with Crippen LogP contribution in [0.3, 0.4) is 0 Å². The van der Waals surface area contributed by atoms with Crippen molar-refractivity contribution in [3.8, 4) is 0 Å². The van der Waals surface area contributed by atoms with E-state index < -0.39 is 6.04 Å². The summed E-state index contributed by atoms with van der Waals surface area (Å²) in [7, 11) is 1.93. The van der Waals surface area contributed by atoms with E-state index in [4.69, 9.17) is 5.73 Å². The first-order chi connectivity index (χ1) is 9.99. The van der Waals surface area contributed by atoms with Crippen LogP contribution >= 0.6 is 0 Å². The van der Waals surface area contributed by atoms with Crippen molar-refractivity contribution in [2.75, 3.05) is 7.05 Å². The summed E-state index contributed by atoms with van der Waals surface area (Å²) >= 11 is 0. The predicted octanol–water partition coefficient (Wildman–Crippen LogP) is 2.96. The minimum atomic E-state index is -0.410. The third-order valence-corrected chi connectivity index (χ3v) is 3.74. The molecule has 0 aliphatic heterocycles. The zero-order chi connectivity index (χ0) is 15.4. The van der Waals surface area contributed by atoms with Gasteiger partial charge in [-0.05, 0) is 37.6 Å². The van der Waals surface area contributed by atoms with E-state index in [1.807, 2.05) is 42.3 Å². The highest BCUT2D eigenvalue weighted by atomic mass is 16.1. The van der Waals surface area contributed by atoms with Crippen LogP contribution < -0.4 is 5.73 Å². The van der Waals surface area contributed by atoms with Gasteiger partial charge in [-0.25, -0.2) is 0 Å². The fraction of sp³-hybridized carbons (Fsp3) is 0.278. The van der Waals surface area contributed by atoms with E-state index in [0.717, 1.165) is 5.56 Å². The molecule has 0 radical (unpaired) electrons. The molecule has 3 heteroatoms. The second-order valence-corrected chi connectivity index (χ2v) is 5.56. The third kappa shape index (κ3) is 3.70. The Hall–Kier alpha value is -2.13. The number of amides is 1. The second-order valence-electron chi connectivity index (χ2n) is 5.56. The molecule has 0 saturated heterocycles. The van der Waals surface area contributed by atoms with E-state index >= 15 is 0 Å². The van der Waals surface area contributed by atoms with Gasteiger partial charge >= 0.3 is 0 Å². The smallest absolute Gasteiger partial charge is 0.239 e. The quantitative estimate of drug-likeness (QED) is 0.916. The number of aryl methyl sites for hydroxylation is 2. The van der Waals surface area contributed by atoms with Crippen molar-refractivity contribution in [2.24, 2.45) is 5.73 Å². The molecule has 0 aromatic heterocycles. The molecule has 21 heavy (non-hydrogen) atoms. The summed E-state index contributed by atoms with van der Waals surface area (Å²) in [5.74, 6) is -0.325. The van der Waals surface area contributed by atoms with Gasteiger partial charge in [-0.3, -0.25) is 9.69 Å². The Labute approximate surface area is 126 Å². The summed E-state index contributed by atoms with van der Waals surface area (Å²) < 4.78 is 0. The van der Waals surface area contributed by atoms with Gasteiger partial charge in [0, 0.05) is 6.54 Å². The van der Waals surface area contributed by atoms with Gasteiger partial charge in [-0.15, -0.1) is 0 Å². The molecule has 0 heterocycles. The number of benzene rings is 2. The maximum Gasteiger partial charge on any atom is 0.239 e. The monoisotopic (exact) mass is 282 g/mol. The van der Waals surface area contributed by atoms with Crippen molar-refractivity contribution in [2.45, 2.75) is 26.4 Å². The van der Waals surface area contributed by atoms with Crippen molar-refractivity contribution in [1.82, 2.24) is 4.90 Å². The molecular weight excluding hydrogens is 260 g/mol. The largest absolute Gasteiger partial charge is 0.368 e. The lowest BCUT2D eigenvalue weighted by Gasteiger charge is -2.26. The Balaban J connectivity index is 2.23. The zero-order valence-corrected chi connectivity index (χ0v) is 12.8. The fourth-order valence-electron chi connectivity index (χ4n) is 2.65. The van der Waals surface area contributed by atoms with Crippen LogP contribution in [0.4, 0.5) is 0 Å². The standard InChI is InChI=1S/C18H22N2O/c1-13-9-10-16(14(2)11-13)12-20(3)17(18(19)21)15-7-5-4-6-8-15/h4-11,17H,12H2,1-3H3,(H2,19,21). The number of hydrogen-bond donors (Lipinski definition) is 1. The van der Waals surface area contributed by atoms with Gasteiger partial charge in [-0.2, -0.15) is 0 Å². The van der Waals surface area contributed by atoms with Crippen LogP contribution in [0.25, 0.3) is 0 Å². The van der Waals surface area contributed by atoms with Crippen LogP contribution in [0.5, 0.6) is 0 Å². The molecule has 3 nitrogen and oxygen atoms in total.